The molecule has 0 radical (unpaired) electrons. The Kier molecular flexibility index (Phi) is 5.65. The van der Waals surface area contributed by atoms with E-state index in [-0.39, 0.29) is 0 Å². The van der Waals surface area contributed by atoms with Gasteiger partial charge in [-0.15, -0.1) is 0 Å². The largest absolute Gasteiger partial charge is 0.330 e. The number of aromatic amines is 1. The van der Waals surface area contributed by atoms with Crippen LogP contribution in [0.25, 0.3) is 11.3 Å². The molecule has 0 bridgehead atoms. The zero-order valence-electron chi connectivity index (χ0n) is 12.8. The minimum absolute atomic E-state index is 0.310. The van der Waals surface area contributed by atoms with Gasteiger partial charge in [0.15, 0.2) is 5.11 Å². The van der Waals surface area contributed by atoms with E-state index >= 15 is 0 Å². The van der Waals surface area contributed by atoms with Gasteiger partial charge in [-0.1, -0.05) is 53.5 Å². The molecule has 1 heterocycles. The second kappa shape index (κ2) is 8.11. The maximum Gasteiger partial charge on any atom is 0.191 e. The number of aromatic nitrogens is 2. The number of benzene rings is 2. The molecule has 0 saturated heterocycles. The lowest BCUT2D eigenvalue weighted by molar-refractivity contribution is 1.05. The Labute approximate surface area is 160 Å². The van der Waals surface area contributed by atoms with Gasteiger partial charge in [-0.3, -0.25) is 10.5 Å². The van der Waals surface area contributed by atoms with E-state index in [0.29, 0.717) is 20.8 Å². The van der Waals surface area contributed by atoms with Gasteiger partial charge in [0.05, 0.1) is 28.8 Å². The standard InChI is InChI=1S/C17H13Cl2N5S/c18-13-6-7-15(14(19)8-13)22-17(25)24-21-10-12-9-20-23-16(12)11-4-2-1-3-5-11/h1-10H,(H,20,23)(H2,22,24,25). The zero-order valence-corrected chi connectivity index (χ0v) is 15.2. The fourth-order valence-corrected chi connectivity index (χ4v) is 2.75. The molecule has 8 heteroatoms. The molecule has 0 atom stereocenters. The number of hydrogen-bond acceptors (Lipinski definition) is 3. The number of thiocarbonyl (C=S) groups is 1. The van der Waals surface area contributed by atoms with Gasteiger partial charge in [0.1, 0.15) is 0 Å². The van der Waals surface area contributed by atoms with Crippen molar-refractivity contribution in [1.29, 1.82) is 0 Å². The van der Waals surface area contributed by atoms with Gasteiger partial charge in [-0.05, 0) is 30.4 Å². The van der Waals surface area contributed by atoms with Crippen LogP contribution in [0.15, 0.2) is 59.8 Å². The van der Waals surface area contributed by atoms with Crippen molar-refractivity contribution in [2.24, 2.45) is 5.10 Å². The van der Waals surface area contributed by atoms with Gasteiger partial charge in [-0.25, -0.2) is 0 Å². The van der Waals surface area contributed by atoms with Gasteiger partial charge < -0.3 is 5.32 Å². The van der Waals surface area contributed by atoms with E-state index in [1.54, 1.807) is 30.6 Å². The van der Waals surface area contributed by atoms with E-state index in [4.69, 9.17) is 35.4 Å². The van der Waals surface area contributed by atoms with E-state index < -0.39 is 0 Å². The fourth-order valence-electron chi connectivity index (χ4n) is 2.13. The molecule has 0 spiro atoms. The molecule has 25 heavy (non-hydrogen) atoms. The Morgan fingerprint density at radius 3 is 2.72 bits per heavy atom. The number of anilines is 1. The highest BCUT2D eigenvalue weighted by molar-refractivity contribution is 7.80. The predicted octanol–water partition coefficient (Wildman–Crippen LogP) is 4.70. The molecular formula is C17H13Cl2N5S. The SMILES string of the molecule is S=C(NN=Cc1cn[nH]c1-c1ccccc1)Nc1ccc(Cl)cc1Cl. The Morgan fingerprint density at radius 2 is 1.96 bits per heavy atom. The summed E-state index contributed by atoms with van der Waals surface area (Å²) in [6.07, 6.45) is 3.34. The monoisotopic (exact) mass is 389 g/mol. The molecular weight excluding hydrogens is 377 g/mol. The predicted molar refractivity (Wildman–Crippen MR) is 107 cm³/mol. The van der Waals surface area contributed by atoms with E-state index in [0.717, 1.165) is 16.8 Å². The van der Waals surface area contributed by atoms with Crippen LogP contribution in [0.5, 0.6) is 0 Å². The Hall–Kier alpha value is -2.41. The summed E-state index contributed by atoms with van der Waals surface area (Å²) in [6, 6.07) is 15.0. The molecule has 5 nitrogen and oxygen atoms in total. The minimum atomic E-state index is 0.310. The highest BCUT2D eigenvalue weighted by Crippen LogP contribution is 2.25. The number of nitrogens with one attached hydrogen (secondary N) is 3. The first-order chi connectivity index (χ1) is 12.1. The third-order valence-electron chi connectivity index (χ3n) is 3.28. The van der Waals surface area contributed by atoms with Crippen molar-refractivity contribution in [3.05, 3.63) is 70.3 Å². The summed E-state index contributed by atoms with van der Waals surface area (Å²) >= 11 is 17.2. The van der Waals surface area contributed by atoms with Gasteiger partial charge in [0.25, 0.3) is 0 Å². The molecule has 0 fully saturated rings. The number of H-pyrrole nitrogens is 1. The summed E-state index contributed by atoms with van der Waals surface area (Å²) in [7, 11) is 0. The molecule has 0 aliphatic rings. The Morgan fingerprint density at radius 1 is 1.16 bits per heavy atom. The van der Waals surface area contributed by atoms with Crippen LogP contribution in [0.4, 0.5) is 5.69 Å². The number of hydrogen-bond donors (Lipinski definition) is 3. The quantitative estimate of drug-likeness (QED) is 0.343. The van der Waals surface area contributed by atoms with E-state index in [2.05, 4.69) is 26.0 Å². The van der Waals surface area contributed by atoms with Gasteiger partial charge in [0, 0.05) is 16.1 Å². The van der Waals surface area contributed by atoms with Crippen molar-refractivity contribution in [1.82, 2.24) is 15.6 Å². The number of hydrazone groups is 1. The number of rotatable bonds is 4. The number of nitrogens with zero attached hydrogens (tertiary/aromatic N) is 2. The molecule has 0 unspecified atom stereocenters. The Balaban J connectivity index is 1.64. The van der Waals surface area contributed by atoms with Crippen LogP contribution in [-0.4, -0.2) is 21.5 Å². The second-order valence-corrected chi connectivity index (χ2v) is 6.27. The van der Waals surface area contributed by atoms with Gasteiger partial charge in [-0.2, -0.15) is 10.2 Å². The second-order valence-electron chi connectivity index (χ2n) is 5.01. The number of halogens is 2. The van der Waals surface area contributed by atoms with Crippen LogP contribution in [0.3, 0.4) is 0 Å². The molecule has 0 aliphatic carbocycles. The van der Waals surface area contributed by atoms with E-state index in [9.17, 15) is 0 Å². The molecule has 126 valence electrons. The lowest BCUT2D eigenvalue weighted by Gasteiger charge is -2.08. The molecule has 0 aliphatic heterocycles. The van der Waals surface area contributed by atoms with Crippen LogP contribution in [0.1, 0.15) is 5.56 Å². The summed E-state index contributed by atoms with van der Waals surface area (Å²) in [5.74, 6) is 0. The first kappa shape index (κ1) is 17.4. The molecule has 3 rings (SSSR count). The minimum Gasteiger partial charge on any atom is -0.330 e. The summed E-state index contributed by atoms with van der Waals surface area (Å²) in [5.41, 5.74) is 6.13. The third kappa shape index (κ3) is 4.57. The third-order valence-corrected chi connectivity index (χ3v) is 4.02. The van der Waals surface area contributed by atoms with Crippen LogP contribution >= 0.6 is 35.4 Å². The van der Waals surface area contributed by atoms with Crippen LogP contribution < -0.4 is 10.7 Å². The zero-order chi connectivity index (χ0) is 17.6. The van der Waals surface area contributed by atoms with Crippen molar-refractivity contribution < 1.29 is 0 Å². The van der Waals surface area contributed by atoms with E-state index in [1.807, 2.05) is 30.3 Å². The lowest BCUT2D eigenvalue weighted by Crippen LogP contribution is -2.24. The molecule has 3 N–H and O–H groups in total. The van der Waals surface area contributed by atoms with Crippen molar-refractivity contribution in [2.45, 2.75) is 0 Å². The van der Waals surface area contributed by atoms with Crippen LogP contribution in [0, 0.1) is 0 Å². The van der Waals surface area contributed by atoms with Crippen LogP contribution in [-0.2, 0) is 0 Å². The Bertz CT molecular complexity index is 908. The molecule has 3 aromatic rings. The molecule has 1 aromatic heterocycles. The normalized spacial score (nSPS) is 10.8. The maximum absolute atomic E-state index is 6.09. The lowest BCUT2D eigenvalue weighted by atomic mass is 10.1. The highest BCUT2D eigenvalue weighted by atomic mass is 35.5. The van der Waals surface area contributed by atoms with Crippen LogP contribution in [0.2, 0.25) is 10.0 Å². The highest BCUT2D eigenvalue weighted by Gasteiger charge is 2.06. The first-order valence-electron chi connectivity index (χ1n) is 7.27. The summed E-state index contributed by atoms with van der Waals surface area (Å²) in [5, 5.41) is 15.5. The first-order valence-corrected chi connectivity index (χ1v) is 8.44. The van der Waals surface area contributed by atoms with Crippen molar-refractivity contribution >= 4 is 52.4 Å². The van der Waals surface area contributed by atoms with Gasteiger partial charge in [0.2, 0.25) is 0 Å². The maximum atomic E-state index is 6.09. The van der Waals surface area contributed by atoms with Crippen molar-refractivity contribution in [3.8, 4) is 11.3 Å². The average Bonchev–Trinajstić information content (AvgIpc) is 3.07. The van der Waals surface area contributed by atoms with E-state index in [1.165, 1.54) is 0 Å². The topological polar surface area (TPSA) is 65.1 Å². The molecule has 2 aromatic carbocycles. The fraction of sp³-hybridized carbons (Fsp3) is 0. The summed E-state index contributed by atoms with van der Waals surface area (Å²) in [6.45, 7) is 0. The smallest absolute Gasteiger partial charge is 0.191 e. The van der Waals surface area contributed by atoms with Crippen molar-refractivity contribution in [2.75, 3.05) is 5.32 Å². The molecule has 0 saturated carbocycles. The average molecular weight is 390 g/mol. The van der Waals surface area contributed by atoms with Crippen molar-refractivity contribution in [3.63, 3.8) is 0 Å². The summed E-state index contributed by atoms with van der Waals surface area (Å²) < 4.78 is 0. The van der Waals surface area contributed by atoms with Gasteiger partial charge >= 0.3 is 0 Å². The summed E-state index contributed by atoms with van der Waals surface area (Å²) in [4.78, 5) is 0. The molecule has 0 amide bonds.